The van der Waals surface area contributed by atoms with Crippen LogP contribution in [0.2, 0.25) is 0 Å². The molecule has 1 aliphatic heterocycles. The first-order valence-electron chi connectivity index (χ1n) is 38.5. The van der Waals surface area contributed by atoms with E-state index in [1.54, 1.807) is 36.7 Å². The van der Waals surface area contributed by atoms with Gasteiger partial charge in [0, 0.05) is 161 Å². The number of benzene rings is 10. The van der Waals surface area contributed by atoms with Gasteiger partial charge in [-0.25, -0.2) is 8.78 Å². The molecule has 0 saturated heterocycles. The Kier molecular flexibility index (Phi) is 31.9. The number of aromatic nitrogens is 2. The minimum atomic E-state index is -0.268. The van der Waals surface area contributed by atoms with E-state index < -0.39 is 0 Å². The Hall–Kier alpha value is -11.6. The van der Waals surface area contributed by atoms with E-state index in [-0.39, 0.29) is 28.5 Å². The highest BCUT2D eigenvalue weighted by Crippen LogP contribution is 2.31. The second kappa shape index (κ2) is 43.1. The van der Waals surface area contributed by atoms with Crippen LogP contribution < -0.4 is 14.5 Å². The normalized spacial score (nSPS) is 11.8. The lowest BCUT2D eigenvalue weighted by atomic mass is 9.87. The van der Waals surface area contributed by atoms with Gasteiger partial charge in [0.2, 0.25) is 0 Å². The van der Waals surface area contributed by atoms with Crippen LogP contribution in [-0.4, -0.2) is 87.7 Å². The number of halogens is 2. The van der Waals surface area contributed by atoms with E-state index in [1.165, 1.54) is 103 Å². The molecule has 13 rings (SSSR count). The van der Waals surface area contributed by atoms with Gasteiger partial charge in [0.1, 0.15) is 28.9 Å². The van der Waals surface area contributed by atoms with Crippen LogP contribution in [0.15, 0.2) is 335 Å². The Labute approximate surface area is 664 Å². The van der Waals surface area contributed by atoms with Crippen LogP contribution in [0.25, 0.3) is 0 Å². The molecule has 11 nitrogen and oxygen atoms in total. The topological polar surface area (TPSA) is 94.9 Å². The summed E-state index contributed by atoms with van der Waals surface area (Å²) in [5.41, 5.74) is 19.6. The quantitative estimate of drug-likeness (QED) is 0.0333. The van der Waals surface area contributed by atoms with Crippen LogP contribution >= 0.6 is 0 Å². The zero-order chi connectivity index (χ0) is 78.9. The standard InChI is InChI=1S/C30H34N2.C25H28N2O.C24H27FN2.C20H19FN2O2/c1-4-5-6-7-14-23-32(24-26-19-21-29(22-20-26)31(2)3)25-30(27-15-10-8-11-16-27)28-17-12-9-13-18-28;1-26(2)24-11-8-21(9-12-24)18-27(17-20-6-4-3-5-7-20)19-22-10-13-25-23(16-22)14-15-28-25;1-24(2,3)22-8-4-19(5-9-22)16-27(18-21-12-14-26-15-13-21)17-20-6-10-23(25)11-7-20;21-18-3-1-15(2-4-18)12-23(13-16-7-9-22-10-8-16)14-17-11-19(24)5-6-20(17)25/h4-22,30H,1,23-25H2,2-3H3;3-13,16H,14-15,17-19H2,1-2H3;4-15H,16-18H2,1-3H3;1-11,24-25H,12-14H2/b6-5-,14-7+;;;. The molecule has 12 aromatic rings. The van der Waals surface area contributed by atoms with Crippen molar-refractivity contribution in [1.29, 1.82) is 0 Å². The number of allylic oxidation sites excluding steroid dienone is 4. The minimum Gasteiger partial charge on any atom is -0.508 e. The third-order valence-corrected chi connectivity index (χ3v) is 19.5. The molecule has 2 aromatic heterocycles. The SMILES string of the molecule is C=C/C=C\C=C\CN(Cc1ccc(N(C)C)cc1)CC(c1ccccc1)c1ccccc1.CC(C)(C)c1ccc(CN(Cc2ccncc2)Cc2ccc(F)cc2)cc1.CN(C)c1ccc(CN(Cc2ccccc2)Cc2ccc3c(c2)CCO3)cc1.Oc1ccc(O)c(CN(Cc2ccncc2)Cc2ccc(F)cc2)c1. The second-order valence-electron chi connectivity index (χ2n) is 29.9. The molecule has 10 aromatic carbocycles. The van der Waals surface area contributed by atoms with Crippen molar-refractivity contribution in [2.45, 2.75) is 104 Å². The molecule has 0 bridgehead atoms. The van der Waals surface area contributed by atoms with Crippen molar-refractivity contribution in [2.24, 2.45) is 0 Å². The number of ether oxygens (including phenoxy) is 1. The van der Waals surface area contributed by atoms with Gasteiger partial charge in [0.05, 0.1) is 6.61 Å². The zero-order valence-electron chi connectivity index (χ0n) is 66.0. The maximum absolute atomic E-state index is 13.2. The number of aromatic hydroxyl groups is 2. The highest BCUT2D eigenvalue weighted by molar-refractivity contribution is 5.48. The summed E-state index contributed by atoms with van der Waals surface area (Å²) in [5, 5.41) is 19.7. The van der Waals surface area contributed by atoms with Crippen molar-refractivity contribution in [1.82, 2.24) is 29.6 Å². The number of pyridine rings is 2. The summed E-state index contributed by atoms with van der Waals surface area (Å²) in [7, 11) is 8.31. The maximum atomic E-state index is 13.2. The third-order valence-electron chi connectivity index (χ3n) is 19.5. The van der Waals surface area contributed by atoms with Crippen LogP contribution in [0, 0.1) is 11.6 Å². The first-order chi connectivity index (χ1) is 54.3. The van der Waals surface area contributed by atoms with E-state index in [0.29, 0.717) is 31.1 Å². The number of hydrogen-bond acceptors (Lipinski definition) is 11. The molecule has 0 amide bonds. The molecule has 1 aliphatic rings. The van der Waals surface area contributed by atoms with Crippen LogP contribution in [-0.2, 0) is 77.3 Å². The lowest BCUT2D eigenvalue weighted by molar-refractivity contribution is 0.244. The van der Waals surface area contributed by atoms with Gasteiger partial charge in [0.25, 0.3) is 0 Å². The van der Waals surface area contributed by atoms with Gasteiger partial charge in [-0.3, -0.25) is 29.6 Å². The molecule has 0 fully saturated rings. The first kappa shape index (κ1) is 82.9. The van der Waals surface area contributed by atoms with E-state index in [1.807, 2.05) is 60.9 Å². The van der Waals surface area contributed by atoms with Crippen molar-refractivity contribution >= 4 is 11.4 Å². The molecular weight excluding hydrogens is 1390 g/mol. The van der Waals surface area contributed by atoms with E-state index in [0.717, 1.165) is 94.4 Å². The fourth-order valence-electron chi connectivity index (χ4n) is 13.4. The van der Waals surface area contributed by atoms with Crippen molar-refractivity contribution in [2.75, 3.05) is 57.7 Å². The molecule has 2 N–H and O–H groups in total. The smallest absolute Gasteiger partial charge is 0.123 e. The van der Waals surface area contributed by atoms with Crippen LogP contribution in [0.4, 0.5) is 20.2 Å². The maximum Gasteiger partial charge on any atom is 0.123 e. The number of fused-ring (bicyclic) bond motifs is 1. The van der Waals surface area contributed by atoms with Crippen LogP contribution in [0.5, 0.6) is 17.2 Å². The highest BCUT2D eigenvalue weighted by atomic mass is 19.1. The van der Waals surface area contributed by atoms with E-state index in [2.05, 4.69) is 289 Å². The molecule has 0 aliphatic carbocycles. The molecular formula is C99H108F2N8O3. The van der Waals surface area contributed by atoms with Gasteiger partial charge in [-0.05, 0) is 175 Å². The molecule has 13 heteroatoms. The Balaban J connectivity index is 0.000000159. The molecule has 3 heterocycles. The summed E-state index contributed by atoms with van der Waals surface area (Å²) in [6.07, 6.45) is 18.2. The highest BCUT2D eigenvalue weighted by Gasteiger charge is 2.21. The fraction of sp³-hybridized carbons (Fsp3) is 0.232. The van der Waals surface area contributed by atoms with Gasteiger partial charge < -0.3 is 24.7 Å². The number of phenolic OH excluding ortho intramolecular Hbond substituents is 2. The predicted octanol–water partition coefficient (Wildman–Crippen LogP) is 21.1. The third kappa shape index (κ3) is 27.8. The zero-order valence-corrected chi connectivity index (χ0v) is 66.0. The molecule has 0 radical (unpaired) electrons. The van der Waals surface area contributed by atoms with Gasteiger partial charge >= 0.3 is 0 Å². The summed E-state index contributed by atoms with van der Waals surface area (Å²) < 4.78 is 32.0. The van der Waals surface area contributed by atoms with Crippen molar-refractivity contribution in [3.05, 3.63) is 424 Å². The van der Waals surface area contributed by atoms with Gasteiger partial charge in [-0.2, -0.15) is 0 Å². The number of anilines is 2. The van der Waals surface area contributed by atoms with Gasteiger partial charge in [-0.1, -0.05) is 234 Å². The van der Waals surface area contributed by atoms with Crippen molar-refractivity contribution in [3.8, 4) is 17.2 Å². The number of rotatable bonds is 30. The lowest BCUT2D eigenvalue weighted by Crippen LogP contribution is -2.29. The fourth-order valence-corrected chi connectivity index (χ4v) is 13.4. The van der Waals surface area contributed by atoms with Crippen molar-refractivity contribution in [3.63, 3.8) is 0 Å². The lowest BCUT2D eigenvalue weighted by Gasteiger charge is -2.28. The molecule has 0 saturated carbocycles. The van der Waals surface area contributed by atoms with E-state index >= 15 is 0 Å². The van der Waals surface area contributed by atoms with E-state index in [9.17, 15) is 19.0 Å². The number of hydrogen-bond donors (Lipinski definition) is 2. The summed E-state index contributed by atoms with van der Waals surface area (Å²) >= 11 is 0. The second-order valence-corrected chi connectivity index (χ2v) is 29.9. The largest absolute Gasteiger partial charge is 0.508 e. The van der Waals surface area contributed by atoms with Crippen LogP contribution in [0.3, 0.4) is 0 Å². The molecule has 112 heavy (non-hydrogen) atoms. The summed E-state index contributed by atoms with van der Waals surface area (Å²) in [4.78, 5) is 21.9. The van der Waals surface area contributed by atoms with Gasteiger partial charge in [-0.15, -0.1) is 0 Å². The Bertz CT molecular complexity index is 4740. The molecule has 0 atom stereocenters. The number of nitrogens with zero attached hydrogens (tertiary/aromatic N) is 8. The Morgan fingerprint density at radius 1 is 0.420 bits per heavy atom. The first-order valence-corrected chi connectivity index (χ1v) is 38.5. The summed E-state index contributed by atoms with van der Waals surface area (Å²) in [6, 6.07) is 91.2. The van der Waals surface area contributed by atoms with E-state index in [4.69, 9.17) is 4.74 Å². The summed E-state index contributed by atoms with van der Waals surface area (Å²) in [6.45, 7) is 20.8. The minimum absolute atomic E-state index is 0.110. The van der Waals surface area contributed by atoms with Crippen molar-refractivity contribution < 1.29 is 23.7 Å². The Morgan fingerprint density at radius 3 is 1.26 bits per heavy atom. The Morgan fingerprint density at radius 2 is 0.812 bits per heavy atom. The average Bonchev–Trinajstić information content (AvgIpc) is 1.81. The van der Waals surface area contributed by atoms with Crippen LogP contribution in [0.1, 0.15) is 105 Å². The molecule has 0 unspecified atom stereocenters. The number of phenols is 2. The van der Waals surface area contributed by atoms with Gasteiger partial charge in [0.15, 0.2) is 0 Å². The molecule has 0 spiro atoms. The predicted molar refractivity (Wildman–Crippen MR) is 457 cm³/mol. The average molecular weight is 1500 g/mol. The summed E-state index contributed by atoms with van der Waals surface area (Å²) in [5.74, 6) is 1.15. The monoisotopic (exact) mass is 1490 g/mol. The molecule has 576 valence electrons.